The molecule has 0 spiro atoms. The van der Waals surface area contributed by atoms with Crippen LogP contribution in [-0.4, -0.2) is 16.2 Å². The van der Waals surface area contributed by atoms with Gasteiger partial charge in [0.25, 0.3) is 0 Å². The largest absolute Gasteiger partial charge is 0.418 e. The van der Waals surface area contributed by atoms with E-state index in [1.54, 1.807) is 0 Å². The molecule has 0 aliphatic heterocycles. The van der Waals surface area contributed by atoms with Gasteiger partial charge in [-0.15, -0.1) is 0 Å². The maximum atomic E-state index is 13.2. The van der Waals surface area contributed by atoms with Gasteiger partial charge in [0.1, 0.15) is 5.82 Å². The molecule has 0 heterocycles. The van der Waals surface area contributed by atoms with Crippen LogP contribution in [0.5, 0.6) is 0 Å². The van der Waals surface area contributed by atoms with Crippen molar-refractivity contribution < 1.29 is 32.0 Å². The molecular formula is C8H4F5NO3. The van der Waals surface area contributed by atoms with E-state index in [1.807, 2.05) is 0 Å². The van der Waals surface area contributed by atoms with Crippen LogP contribution >= 0.6 is 0 Å². The molecule has 0 fully saturated rings. The van der Waals surface area contributed by atoms with Crippen molar-refractivity contribution in [3.05, 3.63) is 39.4 Å². The minimum atomic E-state index is -5.32. The van der Waals surface area contributed by atoms with Crippen LogP contribution in [0.3, 0.4) is 0 Å². The topological polar surface area (TPSA) is 63.4 Å². The van der Waals surface area contributed by atoms with Gasteiger partial charge in [-0.25, -0.2) is 4.39 Å². The number of nitro benzene ring substituents is 1. The number of halogens is 5. The second-order valence-corrected chi connectivity index (χ2v) is 3.00. The van der Waals surface area contributed by atoms with Crippen molar-refractivity contribution in [2.45, 2.75) is 12.3 Å². The molecule has 4 nitrogen and oxygen atoms in total. The quantitative estimate of drug-likeness (QED) is 0.503. The zero-order valence-electron chi connectivity index (χ0n) is 7.83. The predicted octanol–water partition coefficient (Wildman–Crippen LogP) is 2.47. The van der Waals surface area contributed by atoms with E-state index in [4.69, 9.17) is 5.11 Å². The van der Waals surface area contributed by atoms with Gasteiger partial charge in [0.05, 0.1) is 10.5 Å². The summed E-state index contributed by atoms with van der Waals surface area (Å²) in [7, 11) is 0. The predicted molar refractivity (Wildman–Crippen MR) is 44.0 cm³/mol. The molecule has 1 unspecified atom stereocenters. The first-order chi connectivity index (χ1) is 7.66. The van der Waals surface area contributed by atoms with Crippen molar-refractivity contribution in [2.24, 2.45) is 0 Å². The summed E-state index contributed by atoms with van der Waals surface area (Å²) >= 11 is 0. The molecule has 0 aliphatic carbocycles. The molecule has 1 aromatic rings. The first kappa shape index (κ1) is 13.3. The minimum absolute atomic E-state index is 0.283. The summed E-state index contributed by atoms with van der Waals surface area (Å²) in [5, 5.41) is 18.9. The number of rotatable bonds is 2. The lowest BCUT2D eigenvalue weighted by atomic mass is 10.1. The van der Waals surface area contributed by atoms with Crippen LogP contribution in [0.2, 0.25) is 0 Å². The number of aliphatic hydroxyl groups is 1. The van der Waals surface area contributed by atoms with Gasteiger partial charge < -0.3 is 5.11 Å². The van der Waals surface area contributed by atoms with Crippen LogP contribution in [-0.2, 0) is 0 Å². The number of hydrogen-bond donors (Lipinski definition) is 1. The first-order valence-corrected chi connectivity index (χ1v) is 4.03. The minimum Gasteiger partial charge on any atom is -0.379 e. The van der Waals surface area contributed by atoms with Gasteiger partial charge in [-0.1, -0.05) is 0 Å². The van der Waals surface area contributed by atoms with E-state index in [0.29, 0.717) is 6.07 Å². The lowest BCUT2D eigenvalue weighted by Gasteiger charge is -2.15. The zero-order valence-corrected chi connectivity index (χ0v) is 7.83. The molecule has 0 aromatic heterocycles. The summed E-state index contributed by atoms with van der Waals surface area (Å²) in [4.78, 5) is 8.92. The maximum absolute atomic E-state index is 13.2. The second kappa shape index (κ2) is 4.24. The number of hydrogen-bond acceptors (Lipinski definition) is 3. The molecule has 9 heteroatoms. The number of nitro groups is 1. The van der Waals surface area contributed by atoms with E-state index < -0.39 is 40.1 Å². The zero-order chi connectivity index (χ0) is 13.4. The summed E-state index contributed by atoms with van der Waals surface area (Å²) in [5.41, 5.74) is -3.13. The van der Waals surface area contributed by atoms with Gasteiger partial charge in [0.15, 0.2) is 6.10 Å². The Morgan fingerprint density at radius 1 is 1.29 bits per heavy atom. The van der Waals surface area contributed by atoms with Crippen LogP contribution in [0, 0.1) is 21.7 Å². The van der Waals surface area contributed by atoms with Crippen molar-refractivity contribution in [1.82, 2.24) is 0 Å². The fourth-order valence-electron chi connectivity index (χ4n) is 1.11. The third-order valence-corrected chi connectivity index (χ3v) is 1.89. The third kappa shape index (κ3) is 2.49. The molecule has 1 rings (SSSR count). The highest BCUT2D eigenvalue weighted by molar-refractivity contribution is 5.39. The van der Waals surface area contributed by atoms with E-state index in [0.717, 1.165) is 0 Å². The molecule has 17 heavy (non-hydrogen) atoms. The second-order valence-electron chi connectivity index (χ2n) is 3.00. The van der Waals surface area contributed by atoms with Crippen LogP contribution < -0.4 is 0 Å². The Balaban J connectivity index is 3.42. The Kier molecular flexibility index (Phi) is 3.32. The van der Waals surface area contributed by atoms with E-state index in [1.165, 1.54) is 0 Å². The highest BCUT2D eigenvalue weighted by atomic mass is 19.4. The van der Waals surface area contributed by atoms with Crippen molar-refractivity contribution in [1.29, 1.82) is 0 Å². The van der Waals surface area contributed by atoms with E-state index in [2.05, 4.69) is 0 Å². The Morgan fingerprint density at radius 2 is 1.82 bits per heavy atom. The van der Waals surface area contributed by atoms with Crippen molar-refractivity contribution in [2.75, 3.05) is 0 Å². The van der Waals surface area contributed by atoms with Crippen LogP contribution in [0.15, 0.2) is 12.1 Å². The molecule has 1 atom stereocenters. The fourth-order valence-corrected chi connectivity index (χ4v) is 1.11. The summed E-state index contributed by atoms with van der Waals surface area (Å²) in [5.74, 6) is -3.75. The van der Waals surface area contributed by atoms with Crippen molar-refractivity contribution >= 4 is 5.69 Å². The monoisotopic (exact) mass is 257 g/mol. The highest BCUT2D eigenvalue weighted by Gasteiger charge is 2.44. The Morgan fingerprint density at radius 3 is 2.24 bits per heavy atom. The van der Waals surface area contributed by atoms with Crippen LogP contribution in [0.4, 0.5) is 27.6 Å². The molecule has 0 bridgehead atoms. The fraction of sp³-hybridized carbons (Fsp3) is 0.250. The molecule has 0 saturated carbocycles. The highest BCUT2D eigenvalue weighted by Crippen LogP contribution is 2.37. The summed E-state index contributed by atoms with van der Waals surface area (Å²) in [6.45, 7) is 0. The van der Waals surface area contributed by atoms with E-state index >= 15 is 0 Å². The average Bonchev–Trinajstić information content (AvgIpc) is 2.15. The SMILES string of the molecule is O=[N+]([O-])c1ccc(F)c(C(O)C(F)(F)F)c1F. The molecule has 1 N–H and O–H groups in total. The van der Waals surface area contributed by atoms with Crippen LogP contribution in [0.1, 0.15) is 11.7 Å². The van der Waals surface area contributed by atoms with Gasteiger partial charge in [-0.3, -0.25) is 10.1 Å². The molecular weight excluding hydrogens is 253 g/mol. The van der Waals surface area contributed by atoms with Crippen molar-refractivity contribution in [3.8, 4) is 0 Å². The Labute approximate surface area is 90.4 Å². The molecule has 0 saturated heterocycles. The van der Waals surface area contributed by atoms with E-state index in [9.17, 15) is 32.1 Å². The number of aliphatic hydroxyl groups excluding tert-OH is 1. The van der Waals surface area contributed by atoms with E-state index in [-0.39, 0.29) is 6.07 Å². The molecule has 0 radical (unpaired) electrons. The van der Waals surface area contributed by atoms with Gasteiger partial charge in [-0.05, 0) is 6.07 Å². The molecule has 94 valence electrons. The molecule has 0 amide bonds. The first-order valence-electron chi connectivity index (χ1n) is 4.03. The van der Waals surface area contributed by atoms with Gasteiger partial charge in [0.2, 0.25) is 5.82 Å². The lowest BCUT2D eigenvalue weighted by Crippen LogP contribution is -2.23. The van der Waals surface area contributed by atoms with Gasteiger partial charge in [0, 0.05) is 6.07 Å². The van der Waals surface area contributed by atoms with Gasteiger partial charge in [-0.2, -0.15) is 17.6 Å². The molecule has 0 aliphatic rings. The third-order valence-electron chi connectivity index (χ3n) is 1.89. The van der Waals surface area contributed by atoms with Crippen molar-refractivity contribution in [3.63, 3.8) is 0 Å². The van der Waals surface area contributed by atoms with Gasteiger partial charge >= 0.3 is 11.9 Å². The lowest BCUT2D eigenvalue weighted by molar-refractivity contribution is -0.387. The number of alkyl halides is 3. The van der Waals surface area contributed by atoms with Crippen LogP contribution in [0.25, 0.3) is 0 Å². The standard InChI is InChI=1S/C8H4F5NO3/c9-3-1-2-4(14(16)17)6(10)5(3)7(15)8(11,12)13/h1-2,7,15H. The maximum Gasteiger partial charge on any atom is 0.418 e. The summed E-state index contributed by atoms with van der Waals surface area (Å²) in [6.07, 6.45) is -8.78. The Hall–Kier alpha value is -1.77. The number of benzene rings is 1. The summed E-state index contributed by atoms with van der Waals surface area (Å²) < 4.78 is 62.4. The average molecular weight is 257 g/mol. The normalized spacial score (nSPS) is 13.5. The Bertz CT molecular complexity index is 459. The smallest absolute Gasteiger partial charge is 0.379 e. The molecule has 1 aromatic carbocycles. The summed E-state index contributed by atoms with van der Waals surface area (Å²) in [6, 6.07) is 0.656. The number of nitrogens with zero attached hydrogens (tertiary/aromatic N) is 1.